The number of carbonyl (C=O) groups excluding carboxylic acids is 1. The number of carbonyl (C=O) groups is 1. The van der Waals surface area contributed by atoms with Crippen molar-refractivity contribution in [2.75, 3.05) is 0 Å². The van der Waals surface area contributed by atoms with Crippen LogP contribution >= 0.6 is 11.6 Å². The number of hydrogen-bond donors (Lipinski definition) is 1. The SMILES string of the molecule is O=C(/C=C/c1ccc(OC(F)F)cc1)NCc1cccc(Cl)c1. The maximum atomic E-state index is 12.0. The molecule has 0 fully saturated rings. The first-order valence-corrected chi connectivity index (χ1v) is 7.16. The Labute approximate surface area is 137 Å². The lowest BCUT2D eigenvalue weighted by molar-refractivity contribution is -0.116. The summed E-state index contributed by atoms with van der Waals surface area (Å²) in [6.45, 7) is -2.49. The summed E-state index contributed by atoms with van der Waals surface area (Å²) in [5.74, 6) is -0.194. The third-order valence-corrected chi connectivity index (χ3v) is 3.12. The Bertz CT molecular complexity index is 687. The van der Waals surface area contributed by atoms with Crippen LogP contribution < -0.4 is 10.1 Å². The highest BCUT2D eigenvalue weighted by Gasteiger charge is 2.03. The van der Waals surface area contributed by atoms with E-state index >= 15 is 0 Å². The van der Waals surface area contributed by atoms with Gasteiger partial charge in [-0.1, -0.05) is 35.9 Å². The van der Waals surface area contributed by atoms with Gasteiger partial charge in [-0.3, -0.25) is 4.79 Å². The molecule has 23 heavy (non-hydrogen) atoms. The van der Waals surface area contributed by atoms with Crippen molar-refractivity contribution in [1.82, 2.24) is 5.32 Å². The molecular weight excluding hydrogens is 324 g/mol. The van der Waals surface area contributed by atoms with E-state index in [1.165, 1.54) is 18.2 Å². The first kappa shape index (κ1) is 17.0. The highest BCUT2D eigenvalue weighted by Crippen LogP contribution is 2.15. The van der Waals surface area contributed by atoms with Crippen LogP contribution in [0.5, 0.6) is 5.75 Å². The maximum Gasteiger partial charge on any atom is 0.387 e. The third-order valence-electron chi connectivity index (χ3n) is 2.89. The second kappa shape index (κ2) is 8.29. The van der Waals surface area contributed by atoms with Crippen LogP contribution in [-0.2, 0) is 11.3 Å². The predicted molar refractivity (Wildman–Crippen MR) is 85.4 cm³/mol. The molecule has 0 aliphatic rings. The van der Waals surface area contributed by atoms with E-state index < -0.39 is 6.61 Å². The zero-order chi connectivity index (χ0) is 16.7. The van der Waals surface area contributed by atoms with Gasteiger partial charge in [0.05, 0.1) is 0 Å². The minimum Gasteiger partial charge on any atom is -0.435 e. The number of rotatable bonds is 6. The van der Waals surface area contributed by atoms with Crippen LogP contribution in [0.3, 0.4) is 0 Å². The van der Waals surface area contributed by atoms with Gasteiger partial charge in [0.15, 0.2) is 0 Å². The van der Waals surface area contributed by atoms with Gasteiger partial charge in [-0.2, -0.15) is 8.78 Å². The van der Waals surface area contributed by atoms with Crippen LogP contribution in [0.25, 0.3) is 6.08 Å². The Hall–Kier alpha value is -2.40. The van der Waals surface area contributed by atoms with Gasteiger partial charge in [0.25, 0.3) is 0 Å². The van der Waals surface area contributed by atoms with Gasteiger partial charge in [0.2, 0.25) is 5.91 Å². The lowest BCUT2D eigenvalue weighted by atomic mass is 10.2. The molecule has 0 saturated carbocycles. The minimum atomic E-state index is -2.85. The van der Waals surface area contributed by atoms with E-state index in [0.29, 0.717) is 17.1 Å². The highest BCUT2D eigenvalue weighted by molar-refractivity contribution is 6.30. The topological polar surface area (TPSA) is 38.3 Å². The normalized spacial score (nSPS) is 11.0. The largest absolute Gasteiger partial charge is 0.435 e. The molecule has 0 atom stereocenters. The minimum absolute atomic E-state index is 0.0718. The van der Waals surface area contributed by atoms with E-state index in [1.807, 2.05) is 12.1 Å². The Morgan fingerprint density at radius 3 is 2.61 bits per heavy atom. The summed E-state index contributed by atoms with van der Waals surface area (Å²) in [7, 11) is 0. The summed E-state index contributed by atoms with van der Waals surface area (Å²) >= 11 is 5.86. The number of nitrogens with one attached hydrogen (secondary N) is 1. The molecule has 0 spiro atoms. The summed E-state index contributed by atoms with van der Waals surface area (Å²) in [6, 6.07) is 13.2. The molecule has 1 N–H and O–H groups in total. The number of halogens is 3. The summed E-state index contributed by atoms with van der Waals surface area (Å²) in [5, 5.41) is 3.34. The quantitative estimate of drug-likeness (QED) is 0.799. The molecule has 2 rings (SSSR count). The molecule has 0 heterocycles. The van der Waals surface area contributed by atoms with Gasteiger partial charge < -0.3 is 10.1 Å². The van der Waals surface area contributed by atoms with E-state index in [2.05, 4.69) is 10.1 Å². The molecule has 0 unspecified atom stereocenters. The molecule has 0 bridgehead atoms. The lowest BCUT2D eigenvalue weighted by Gasteiger charge is -2.04. The van der Waals surface area contributed by atoms with Crippen LogP contribution in [0, 0.1) is 0 Å². The summed E-state index contributed by atoms with van der Waals surface area (Å²) in [6.07, 6.45) is 2.95. The van der Waals surface area contributed by atoms with Crippen molar-refractivity contribution in [1.29, 1.82) is 0 Å². The Morgan fingerprint density at radius 2 is 1.96 bits per heavy atom. The molecule has 2 aromatic carbocycles. The predicted octanol–water partition coefficient (Wildman–Crippen LogP) is 4.27. The van der Waals surface area contributed by atoms with Crippen molar-refractivity contribution in [3.8, 4) is 5.75 Å². The Kier molecular flexibility index (Phi) is 6.11. The molecule has 3 nitrogen and oxygen atoms in total. The van der Waals surface area contributed by atoms with Crippen LogP contribution in [-0.4, -0.2) is 12.5 Å². The Morgan fingerprint density at radius 1 is 1.22 bits per heavy atom. The monoisotopic (exact) mass is 337 g/mol. The van der Waals surface area contributed by atoms with Crippen molar-refractivity contribution < 1.29 is 18.3 Å². The van der Waals surface area contributed by atoms with Crippen LogP contribution in [0.15, 0.2) is 54.6 Å². The number of amides is 1. The zero-order valence-electron chi connectivity index (χ0n) is 12.0. The average molecular weight is 338 g/mol. The van der Waals surface area contributed by atoms with Gasteiger partial charge in [0.1, 0.15) is 5.75 Å². The lowest BCUT2D eigenvalue weighted by Crippen LogP contribution is -2.20. The molecule has 0 radical (unpaired) electrons. The number of alkyl halides is 2. The molecule has 0 saturated heterocycles. The highest BCUT2D eigenvalue weighted by atomic mass is 35.5. The molecule has 0 aliphatic heterocycles. The summed E-state index contributed by atoms with van der Waals surface area (Å²) < 4.78 is 28.3. The molecule has 120 valence electrons. The molecule has 0 aromatic heterocycles. The number of hydrogen-bond acceptors (Lipinski definition) is 2. The van der Waals surface area contributed by atoms with Crippen LogP contribution in [0.4, 0.5) is 8.78 Å². The van der Waals surface area contributed by atoms with Crippen molar-refractivity contribution >= 4 is 23.6 Å². The van der Waals surface area contributed by atoms with Crippen LogP contribution in [0.1, 0.15) is 11.1 Å². The van der Waals surface area contributed by atoms with Crippen molar-refractivity contribution in [3.05, 3.63) is 70.8 Å². The van der Waals surface area contributed by atoms with Gasteiger partial charge in [-0.25, -0.2) is 0 Å². The molecule has 6 heteroatoms. The second-order valence-corrected chi connectivity index (χ2v) is 5.07. The molecule has 1 amide bonds. The fourth-order valence-electron chi connectivity index (χ4n) is 1.83. The van der Waals surface area contributed by atoms with Gasteiger partial charge in [-0.05, 0) is 41.5 Å². The standard InChI is InChI=1S/C17H14ClF2NO2/c18-14-3-1-2-13(10-14)11-21-16(22)9-6-12-4-7-15(8-5-12)23-17(19)20/h1-10,17H,11H2,(H,21,22)/b9-6+. The molecule has 2 aromatic rings. The number of benzene rings is 2. The third kappa shape index (κ3) is 6.08. The summed E-state index contributed by atoms with van der Waals surface area (Å²) in [5.41, 5.74) is 1.59. The van der Waals surface area contributed by atoms with E-state index in [-0.39, 0.29) is 11.7 Å². The Balaban J connectivity index is 1.85. The first-order valence-electron chi connectivity index (χ1n) is 6.78. The fourth-order valence-corrected chi connectivity index (χ4v) is 2.04. The van der Waals surface area contributed by atoms with Crippen molar-refractivity contribution in [2.24, 2.45) is 0 Å². The molecular formula is C17H14ClF2NO2. The van der Waals surface area contributed by atoms with Gasteiger partial charge in [-0.15, -0.1) is 0 Å². The second-order valence-electron chi connectivity index (χ2n) is 4.63. The van der Waals surface area contributed by atoms with Crippen molar-refractivity contribution in [2.45, 2.75) is 13.2 Å². The number of ether oxygens (including phenoxy) is 1. The fraction of sp³-hybridized carbons (Fsp3) is 0.118. The van der Waals surface area contributed by atoms with Crippen molar-refractivity contribution in [3.63, 3.8) is 0 Å². The van der Waals surface area contributed by atoms with Crippen LogP contribution in [0.2, 0.25) is 5.02 Å². The first-order chi connectivity index (χ1) is 11.0. The van der Waals surface area contributed by atoms with Gasteiger partial charge >= 0.3 is 6.61 Å². The maximum absolute atomic E-state index is 12.0. The smallest absolute Gasteiger partial charge is 0.387 e. The average Bonchev–Trinajstić information content (AvgIpc) is 2.52. The molecule has 0 aliphatic carbocycles. The van der Waals surface area contributed by atoms with E-state index in [9.17, 15) is 13.6 Å². The van der Waals surface area contributed by atoms with E-state index in [4.69, 9.17) is 11.6 Å². The zero-order valence-corrected chi connectivity index (χ0v) is 12.8. The van der Waals surface area contributed by atoms with E-state index in [1.54, 1.807) is 30.3 Å². The summed E-state index contributed by atoms with van der Waals surface area (Å²) in [4.78, 5) is 11.7. The van der Waals surface area contributed by atoms with E-state index in [0.717, 1.165) is 5.56 Å². The van der Waals surface area contributed by atoms with Gasteiger partial charge in [0, 0.05) is 17.6 Å².